The molecule has 0 unspecified atom stereocenters. The number of halogens is 2. The molecule has 0 spiro atoms. The average Bonchev–Trinajstić information content (AvgIpc) is 2.48. The molecule has 5 nitrogen and oxygen atoms in total. The summed E-state index contributed by atoms with van der Waals surface area (Å²) >= 11 is 11.5. The Bertz CT molecular complexity index is 714. The number of hydrogen-bond acceptors (Lipinski definition) is 4. The summed E-state index contributed by atoms with van der Waals surface area (Å²) in [5.74, 6) is 0.111. The van der Waals surface area contributed by atoms with Crippen LogP contribution in [0.1, 0.15) is 10.4 Å². The van der Waals surface area contributed by atoms with Crippen molar-refractivity contribution in [1.82, 2.24) is 4.98 Å². The summed E-state index contributed by atoms with van der Waals surface area (Å²) in [6.45, 7) is -0.0614. The number of aromatic nitrogens is 1. The van der Waals surface area contributed by atoms with Crippen LogP contribution in [-0.4, -0.2) is 17.5 Å². The number of hydrogen-bond donors (Lipinski definition) is 1. The van der Waals surface area contributed by atoms with Crippen molar-refractivity contribution in [2.75, 3.05) is 11.9 Å². The van der Waals surface area contributed by atoms with Gasteiger partial charge in [0.1, 0.15) is 17.0 Å². The Hall–Kier alpha value is -2.29. The molecule has 0 aliphatic carbocycles. The third-order valence-electron chi connectivity index (χ3n) is 2.45. The number of pyridine rings is 1. The number of nitriles is 1. The number of rotatable bonds is 4. The van der Waals surface area contributed by atoms with Crippen LogP contribution in [0.3, 0.4) is 0 Å². The molecular formula is C14H9Cl2N3O2. The number of ether oxygens (including phenoxy) is 1. The predicted octanol–water partition coefficient (Wildman–Crippen LogP) is 3.54. The molecular weight excluding hydrogens is 313 g/mol. The highest BCUT2D eigenvalue weighted by atomic mass is 35.5. The lowest BCUT2D eigenvalue weighted by molar-refractivity contribution is 0.102. The Morgan fingerprint density at radius 1 is 1.38 bits per heavy atom. The van der Waals surface area contributed by atoms with E-state index in [1.54, 1.807) is 24.3 Å². The van der Waals surface area contributed by atoms with E-state index in [9.17, 15) is 4.79 Å². The summed E-state index contributed by atoms with van der Waals surface area (Å²) in [4.78, 5) is 15.9. The molecule has 106 valence electrons. The minimum Gasteiger partial charge on any atom is -0.479 e. The molecule has 0 aliphatic rings. The van der Waals surface area contributed by atoms with Gasteiger partial charge in [-0.05, 0) is 18.2 Å². The van der Waals surface area contributed by atoms with Crippen LogP contribution in [0.15, 0.2) is 36.5 Å². The molecule has 0 radical (unpaired) electrons. The van der Waals surface area contributed by atoms with E-state index in [4.69, 9.17) is 33.2 Å². The number of nitrogens with one attached hydrogen (secondary N) is 1. The summed E-state index contributed by atoms with van der Waals surface area (Å²) < 4.78 is 5.15. The monoisotopic (exact) mass is 321 g/mol. The highest BCUT2D eigenvalue weighted by Crippen LogP contribution is 2.21. The third kappa shape index (κ3) is 4.09. The molecule has 1 heterocycles. The number of anilines is 1. The summed E-state index contributed by atoms with van der Waals surface area (Å²) in [5, 5.41) is 11.5. The van der Waals surface area contributed by atoms with Gasteiger partial charge in [0.25, 0.3) is 5.91 Å². The first-order valence-electron chi connectivity index (χ1n) is 5.82. The normalized spacial score (nSPS) is 9.76. The van der Waals surface area contributed by atoms with E-state index in [1.807, 2.05) is 6.07 Å². The topological polar surface area (TPSA) is 75.0 Å². The minimum absolute atomic E-state index is 0.0614. The molecule has 0 saturated heterocycles. The fraction of sp³-hybridized carbons (Fsp3) is 0.0714. The molecule has 7 heteroatoms. The van der Waals surface area contributed by atoms with Gasteiger partial charge in [-0.1, -0.05) is 29.3 Å². The Morgan fingerprint density at radius 2 is 2.19 bits per heavy atom. The van der Waals surface area contributed by atoms with Crippen molar-refractivity contribution in [2.45, 2.75) is 0 Å². The van der Waals surface area contributed by atoms with Gasteiger partial charge in [0.15, 0.2) is 6.61 Å². The van der Waals surface area contributed by atoms with Crippen LogP contribution >= 0.6 is 23.2 Å². The van der Waals surface area contributed by atoms with Gasteiger partial charge in [0.2, 0.25) is 0 Å². The van der Waals surface area contributed by atoms with Gasteiger partial charge in [-0.15, -0.1) is 0 Å². The van der Waals surface area contributed by atoms with Crippen LogP contribution in [0.25, 0.3) is 0 Å². The van der Waals surface area contributed by atoms with E-state index < -0.39 is 0 Å². The number of carbonyl (C=O) groups excluding carboxylic acids is 1. The molecule has 1 aromatic carbocycles. The number of benzene rings is 1. The SMILES string of the molecule is N#CCOc1cccc(NC(=O)c2cnc(Cl)c(Cl)c2)c1. The van der Waals surface area contributed by atoms with Crippen LogP contribution in [0, 0.1) is 11.3 Å². The molecule has 0 aliphatic heterocycles. The molecule has 0 saturated carbocycles. The molecule has 1 amide bonds. The second-order valence-corrected chi connectivity index (χ2v) is 4.69. The van der Waals surface area contributed by atoms with Crippen LogP contribution in [0.4, 0.5) is 5.69 Å². The lowest BCUT2D eigenvalue weighted by Gasteiger charge is -2.07. The summed E-state index contributed by atoms with van der Waals surface area (Å²) in [7, 11) is 0. The lowest BCUT2D eigenvalue weighted by Crippen LogP contribution is -2.12. The van der Waals surface area contributed by atoms with E-state index in [0.29, 0.717) is 11.4 Å². The van der Waals surface area contributed by atoms with Gasteiger partial charge in [0.05, 0.1) is 10.6 Å². The molecule has 1 N–H and O–H groups in total. The predicted molar refractivity (Wildman–Crippen MR) is 79.8 cm³/mol. The van der Waals surface area contributed by atoms with Gasteiger partial charge in [-0.3, -0.25) is 4.79 Å². The van der Waals surface area contributed by atoms with Gasteiger partial charge >= 0.3 is 0 Å². The first kappa shape index (κ1) is 15.1. The van der Waals surface area contributed by atoms with Crippen LogP contribution in [-0.2, 0) is 0 Å². The van der Waals surface area contributed by atoms with E-state index in [1.165, 1.54) is 12.3 Å². The quantitative estimate of drug-likeness (QED) is 0.874. The van der Waals surface area contributed by atoms with Crippen molar-refractivity contribution >= 4 is 34.8 Å². The maximum Gasteiger partial charge on any atom is 0.257 e. The largest absolute Gasteiger partial charge is 0.479 e. The van der Waals surface area contributed by atoms with Gasteiger partial charge in [-0.25, -0.2) is 4.98 Å². The average molecular weight is 322 g/mol. The number of nitrogens with zero attached hydrogens (tertiary/aromatic N) is 2. The van der Waals surface area contributed by atoms with Gasteiger partial charge in [-0.2, -0.15) is 5.26 Å². The van der Waals surface area contributed by atoms with Crippen molar-refractivity contribution in [2.24, 2.45) is 0 Å². The van der Waals surface area contributed by atoms with Crippen LogP contribution in [0.2, 0.25) is 10.2 Å². The standard InChI is InChI=1S/C14H9Cl2N3O2/c15-12-6-9(8-18-13(12)16)14(20)19-10-2-1-3-11(7-10)21-5-4-17/h1-3,6-8H,5H2,(H,19,20). The Morgan fingerprint density at radius 3 is 2.90 bits per heavy atom. The maximum absolute atomic E-state index is 12.1. The fourth-order valence-electron chi connectivity index (χ4n) is 1.53. The van der Waals surface area contributed by atoms with Crippen LogP contribution < -0.4 is 10.1 Å². The molecule has 0 atom stereocenters. The molecule has 21 heavy (non-hydrogen) atoms. The van der Waals surface area contributed by atoms with Crippen molar-refractivity contribution in [1.29, 1.82) is 5.26 Å². The highest BCUT2D eigenvalue weighted by Gasteiger charge is 2.09. The van der Waals surface area contributed by atoms with Crippen molar-refractivity contribution in [3.05, 3.63) is 52.3 Å². The first-order chi connectivity index (χ1) is 10.1. The van der Waals surface area contributed by atoms with Crippen molar-refractivity contribution in [3.63, 3.8) is 0 Å². The van der Waals surface area contributed by atoms with Gasteiger partial charge < -0.3 is 10.1 Å². The molecule has 1 aromatic heterocycles. The Labute approximate surface area is 131 Å². The van der Waals surface area contributed by atoms with E-state index in [-0.39, 0.29) is 28.3 Å². The number of amides is 1. The summed E-state index contributed by atoms with van der Waals surface area (Å²) in [6.07, 6.45) is 1.33. The van der Waals surface area contributed by atoms with E-state index in [0.717, 1.165) is 0 Å². The summed E-state index contributed by atoms with van der Waals surface area (Å²) in [6, 6.07) is 10.0. The molecule has 0 bridgehead atoms. The first-order valence-corrected chi connectivity index (χ1v) is 6.58. The van der Waals surface area contributed by atoms with Crippen molar-refractivity contribution in [3.8, 4) is 11.8 Å². The Balaban J connectivity index is 2.12. The summed E-state index contributed by atoms with van der Waals surface area (Å²) in [5.41, 5.74) is 0.814. The zero-order chi connectivity index (χ0) is 15.2. The van der Waals surface area contributed by atoms with E-state index in [2.05, 4.69) is 10.3 Å². The van der Waals surface area contributed by atoms with E-state index >= 15 is 0 Å². The minimum atomic E-state index is -0.376. The maximum atomic E-state index is 12.1. The fourth-order valence-corrected chi connectivity index (χ4v) is 1.80. The molecule has 0 fully saturated rings. The zero-order valence-electron chi connectivity index (χ0n) is 10.6. The Kier molecular flexibility index (Phi) is 4.99. The van der Waals surface area contributed by atoms with Gasteiger partial charge in [0, 0.05) is 18.0 Å². The molecule has 2 aromatic rings. The third-order valence-corrected chi connectivity index (χ3v) is 3.14. The number of carbonyl (C=O) groups is 1. The lowest BCUT2D eigenvalue weighted by atomic mass is 10.2. The smallest absolute Gasteiger partial charge is 0.257 e. The highest BCUT2D eigenvalue weighted by molar-refractivity contribution is 6.41. The van der Waals surface area contributed by atoms with Crippen molar-refractivity contribution < 1.29 is 9.53 Å². The molecule has 2 rings (SSSR count). The second-order valence-electron chi connectivity index (χ2n) is 3.93. The zero-order valence-corrected chi connectivity index (χ0v) is 12.1. The second kappa shape index (κ2) is 6.93. The van der Waals surface area contributed by atoms with Crippen LogP contribution in [0.5, 0.6) is 5.75 Å².